The highest BCUT2D eigenvalue weighted by Gasteiger charge is 2.29. The molecule has 6 nitrogen and oxygen atoms in total. The Kier molecular flexibility index (Phi) is 7.74. The van der Waals surface area contributed by atoms with E-state index in [4.69, 9.17) is 15.2 Å². The highest BCUT2D eigenvalue weighted by atomic mass is 16.6. The minimum atomic E-state index is -0.743. The van der Waals surface area contributed by atoms with Crippen molar-refractivity contribution in [3.63, 3.8) is 0 Å². The predicted molar refractivity (Wildman–Crippen MR) is 119 cm³/mol. The summed E-state index contributed by atoms with van der Waals surface area (Å²) in [5.74, 6) is -1.20. The van der Waals surface area contributed by atoms with Gasteiger partial charge < -0.3 is 15.2 Å². The lowest BCUT2D eigenvalue weighted by molar-refractivity contribution is -0.135. The van der Waals surface area contributed by atoms with Crippen LogP contribution in [0.15, 0.2) is 42.5 Å². The molecule has 0 aromatic heterocycles. The average Bonchev–Trinajstić information content (AvgIpc) is 2.67. The van der Waals surface area contributed by atoms with Crippen LogP contribution in [-0.2, 0) is 4.79 Å². The van der Waals surface area contributed by atoms with Gasteiger partial charge in [0.2, 0.25) is 0 Å². The molecule has 166 valence electrons. The number of nitrogens with two attached hydrogens (primary N) is 1. The van der Waals surface area contributed by atoms with Crippen LogP contribution >= 0.6 is 0 Å². The zero-order valence-corrected chi connectivity index (χ0v) is 19.0. The van der Waals surface area contributed by atoms with E-state index in [1.54, 1.807) is 24.3 Å². The van der Waals surface area contributed by atoms with Crippen molar-refractivity contribution < 1.29 is 23.9 Å². The Morgan fingerprint density at radius 1 is 0.903 bits per heavy atom. The maximum atomic E-state index is 12.8. The zero-order chi connectivity index (χ0) is 23.3. The molecule has 31 heavy (non-hydrogen) atoms. The second-order valence-electron chi connectivity index (χ2n) is 9.20. The lowest BCUT2D eigenvalue weighted by Crippen LogP contribution is -2.42. The lowest BCUT2D eigenvalue weighted by atomic mass is 9.83. The van der Waals surface area contributed by atoms with Crippen LogP contribution in [0, 0.1) is 18.3 Å². The summed E-state index contributed by atoms with van der Waals surface area (Å²) in [4.78, 5) is 37.6. The van der Waals surface area contributed by atoms with Crippen molar-refractivity contribution in [3.05, 3.63) is 59.2 Å². The van der Waals surface area contributed by atoms with Gasteiger partial charge in [0.25, 0.3) is 0 Å². The second-order valence-corrected chi connectivity index (χ2v) is 9.20. The number of Topliss-reactive ketones (excluding diaryl/α,β-unsaturated/α-hetero) is 1. The Balaban J connectivity index is 2.37. The van der Waals surface area contributed by atoms with Crippen molar-refractivity contribution in [2.75, 3.05) is 0 Å². The van der Waals surface area contributed by atoms with Crippen molar-refractivity contribution in [3.8, 4) is 11.5 Å². The molecule has 2 rings (SSSR count). The molecular formula is C25H31NO5. The van der Waals surface area contributed by atoms with Crippen molar-refractivity contribution >= 4 is 17.7 Å². The van der Waals surface area contributed by atoms with Gasteiger partial charge in [-0.05, 0) is 48.6 Å². The van der Waals surface area contributed by atoms with E-state index in [0.717, 1.165) is 5.56 Å². The fraction of sp³-hybridized carbons (Fsp3) is 0.400. The van der Waals surface area contributed by atoms with Gasteiger partial charge in [0.1, 0.15) is 0 Å². The van der Waals surface area contributed by atoms with Crippen LogP contribution in [-0.4, -0.2) is 23.8 Å². The fourth-order valence-electron chi connectivity index (χ4n) is 2.74. The summed E-state index contributed by atoms with van der Waals surface area (Å²) in [6, 6.07) is 10.5. The number of benzene rings is 2. The molecule has 0 spiro atoms. The molecule has 1 atom stereocenters. The van der Waals surface area contributed by atoms with E-state index in [2.05, 4.69) is 0 Å². The smallest absolute Gasteiger partial charge is 0.343 e. The minimum absolute atomic E-state index is 0.0121. The Morgan fingerprint density at radius 3 is 2.03 bits per heavy atom. The SMILES string of the molecule is Cc1ccc(C(=O)Oc2ccc(C(=O)C(N)C(C)(C)C)cc2OC(=O)CC(C)C)cc1. The molecule has 0 amide bonds. The third-order valence-corrected chi connectivity index (χ3v) is 4.73. The Hall–Kier alpha value is -2.99. The summed E-state index contributed by atoms with van der Waals surface area (Å²) in [5, 5.41) is 0. The van der Waals surface area contributed by atoms with E-state index >= 15 is 0 Å². The lowest BCUT2D eigenvalue weighted by Gasteiger charge is -2.25. The highest BCUT2D eigenvalue weighted by molar-refractivity contribution is 6.01. The van der Waals surface area contributed by atoms with Crippen LogP contribution in [0.25, 0.3) is 0 Å². The van der Waals surface area contributed by atoms with Gasteiger partial charge in [0.05, 0.1) is 11.6 Å². The second kappa shape index (κ2) is 9.88. The molecule has 0 aliphatic heterocycles. The van der Waals surface area contributed by atoms with Crippen LogP contribution in [0.1, 0.15) is 67.3 Å². The summed E-state index contributed by atoms with van der Waals surface area (Å²) >= 11 is 0. The standard InChI is InChI=1S/C25H31NO5/c1-15(2)13-21(27)30-20-14-18(22(28)23(26)25(4,5)6)11-12-19(20)31-24(29)17-9-7-16(3)8-10-17/h7-12,14-15,23H,13,26H2,1-6H3. The van der Waals surface area contributed by atoms with Crippen LogP contribution in [0.5, 0.6) is 11.5 Å². The van der Waals surface area contributed by atoms with Crippen LogP contribution in [0.4, 0.5) is 0 Å². The first-order chi connectivity index (χ1) is 14.4. The number of ether oxygens (including phenoxy) is 2. The monoisotopic (exact) mass is 425 g/mol. The number of rotatable bonds is 7. The number of aryl methyl sites for hydroxylation is 1. The van der Waals surface area contributed by atoms with Gasteiger partial charge in [-0.1, -0.05) is 52.3 Å². The molecule has 0 saturated carbocycles. The van der Waals surface area contributed by atoms with Gasteiger partial charge in [0.15, 0.2) is 17.3 Å². The third-order valence-electron chi connectivity index (χ3n) is 4.73. The molecule has 0 heterocycles. The Bertz CT molecular complexity index is 955. The van der Waals surface area contributed by atoms with E-state index in [0.29, 0.717) is 5.56 Å². The topological polar surface area (TPSA) is 95.7 Å². The Morgan fingerprint density at radius 2 is 1.48 bits per heavy atom. The maximum Gasteiger partial charge on any atom is 0.343 e. The number of ketones is 1. The van der Waals surface area contributed by atoms with Gasteiger partial charge >= 0.3 is 11.9 Å². The van der Waals surface area contributed by atoms with E-state index < -0.39 is 23.4 Å². The predicted octanol–water partition coefficient (Wildman–Crippen LogP) is 4.72. The maximum absolute atomic E-state index is 12.8. The van der Waals surface area contributed by atoms with Crippen molar-refractivity contribution in [1.29, 1.82) is 0 Å². The number of carbonyl (C=O) groups excluding carboxylic acids is 3. The van der Waals surface area contributed by atoms with Gasteiger partial charge in [-0.25, -0.2) is 4.79 Å². The highest BCUT2D eigenvalue weighted by Crippen LogP contribution is 2.31. The van der Waals surface area contributed by atoms with Gasteiger partial charge in [-0.3, -0.25) is 9.59 Å². The van der Waals surface area contributed by atoms with Crippen molar-refractivity contribution in [2.45, 2.75) is 54.0 Å². The van der Waals surface area contributed by atoms with E-state index in [9.17, 15) is 14.4 Å². The molecule has 2 N–H and O–H groups in total. The van der Waals surface area contributed by atoms with Crippen LogP contribution in [0.2, 0.25) is 0 Å². The van der Waals surface area contributed by atoms with Crippen LogP contribution in [0.3, 0.4) is 0 Å². The molecular weight excluding hydrogens is 394 g/mol. The molecule has 1 unspecified atom stereocenters. The first-order valence-electron chi connectivity index (χ1n) is 10.3. The molecule has 0 saturated heterocycles. The zero-order valence-electron chi connectivity index (χ0n) is 19.0. The van der Waals surface area contributed by atoms with Crippen molar-refractivity contribution in [2.24, 2.45) is 17.1 Å². The number of carbonyl (C=O) groups is 3. The number of esters is 2. The largest absolute Gasteiger partial charge is 0.422 e. The number of hydrogen-bond donors (Lipinski definition) is 1. The van der Waals surface area contributed by atoms with Gasteiger partial charge in [-0.2, -0.15) is 0 Å². The Labute approximate surface area is 183 Å². The summed E-state index contributed by atoms with van der Waals surface area (Å²) in [5.41, 5.74) is 7.32. The molecule has 0 radical (unpaired) electrons. The molecule has 2 aromatic carbocycles. The average molecular weight is 426 g/mol. The molecule has 0 aliphatic carbocycles. The molecule has 6 heteroatoms. The first-order valence-corrected chi connectivity index (χ1v) is 10.3. The van der Waals surface area contributed by atoms with E-state index in [1.165, 1.54) is 18.2 Å². The number of hydrogen-bond acceptors (Lipinski definition) is 6. The summed E-state index contributed by atoms with van der Waals surface area (Å²) in [7, 11) is 0. The first kappa shape index (κ1) is 24.3. The van der Waals surface area contributed by atoms with Crippen LogP contribution < -0.4 is 15.2 Å². The normalized spacial score (nSPS) is 12.4. The summed E-state index contributed by atoms with van der Waals surface area (Å²) < 4.78 is 10.9. The molecule has 0 bridgehead atoms. The fourth-order valence-corrected chi connectivity index (χ4v) is 2.74. The van der Waals surface area contributed by atoms with E-state index in [1.807, 2.05) is 41.5 Å². The molecule has 2 aromatic rings. The van der Waals surface area contributed by atoms with Crippen molar-refractivity contribution in [1.82, 2.24) is 0 Å². The molecule has 0 fully saturated rings. The summed E-state index contributed by atoms with van der Waals surface area (Å²) in [6.07, 6.45) is 0.186. The minimum Gasteiger partial charge on any atom is -0.422 e. The third kappa shape index (κ3) is 6.76. The molecule has 0 aliphatic rings. The quantitative estimate of drug-likeness (QED) is 0.392. The van der Waals surface area contributed by atoms with Gasteiger partial charge in [0, 0.05) is 12.0 Å². The van der Waals surface area contributed by atoms with E-state index in [-0.39, 0.29) is 35.2 Å². The summed E-state index contributed by atoms with van der Waals surface area (Å²) in [6.45, 7) is 11.3. The van der Waals surface area contributed by atoms with Gasteiger partial charge in [-0.15, -0.1) is 0 Å².